The highest BCUT2D eigenvalue weighted by Gasteiger charge is 2.43. The van der Waals surface area contributed by atoms with Crippen molar-refractivity contribution in [1.82, 2.24) is 14.9 Å². The van der Waals surface area contributed by atoms with Gasteiger partial charge in [0.25, 0.3) is 0 Å². The normalized spacial score (nSPS) is 27.1. The van der Waals surface area contributed by atoms with Gasteiger partial charge in [-0.15, -0.1) is 0 Å². The monoisotopic (exact) mass is 325 g/mol. The number of hydrogen-bond donors (Lipinski definition) is 0. The first-order chi connectivity index (χ1) is 11.9. The molecule has 0 aromatic carbocycles. The van der Waals surface area contributed by atoms with Crippen LogP contribution in [0.15, 0.2) is 49.1 Å². The zero-order chi connectivity index (χ0) is 16.2. The first kappa shape index (κ1) is 15.7. The number of aromatic nitrogens is 2. The van der Waals surface area contributed by atoms with E-state index in [1.165, 1.54) is 5.56 Å². The Morgan fingerprint density at radius 1 is 1.08 bits per heavy atom. The minimum atomic E-state index is 0.176. The number of morpholine rings is 1. The van der Waals surface area contributed by atoms with E-state index in [0.29, 0.717) is 12.6 Å². The third-order valence-corrected chi connectivity index (χ3v) is 4.97. The van der Waals surface area contributed by atoms with Gasteiger partial charge in [0, 0.05) is 43.9 Å². The second kappa shape index (κ2) is 7.38. The van der Waals surface area contributed by atoms with Crippen LogP contribution in [-0.2, 0) is 22.6 Å². The fourth-order valence-corrected chi connectivity index (χ4v) is 3.78. The van der Waals surface area contributed by atoms with E-state index in [2.05, 4.69) is 33.1 Å². The Bertz CT molecular complexity index is 638. The molecule has 3 atom stereocenters. The van der Waals surface area contributed by atoms with Crippen LogP contribution in [0.25, 0.3) is 0 Å². The zero-order valence-electron chi connectivity index (χ0n) is 13.8. The second-order valence-electron chi connectivity index (χ2n) is 6.52. The molecule has 2 aromatic rings. The van der Waals surface area contributed by atoms with Gasteiger partial charge in [0.15, 0.2) is 0 Å². The average Bonchev–Trinajstić information content (AvgIpc) is 3.06. The molecule has 0 spiro atoms. The van der Waals surface area contributed by atoms with E-state index in [1.807, 2.05) is 24.7 Å². The molecule has 5 nitrogen and oxygen atoms in total. The molecular weight excluding hydrogens is 302 g/mol. The molecule has 24 heavy (non-hydrogen) atoms. The molecule has 1 saturated heterocycles. The summed E-state index contributed by atoms with van der Waals surface area (Å²) in [6.45, 7) is 3.33. The maximum absolute atomic E-state index is 6.16. The van der Waals surface area contributed by atoms with Gasteiger partial charge in [0.1, 0.15) is 0 Å². The lowest BCUT2D eigenvalue weighted by Crippen LogP contribution is -2.51. The summed E-state index contributed by atoms with van der Waals surface area (Å²) in [5.41, 5.74) is 2.43. The minimum Gasteiger partial charge on any atom is -0.373 e. The smallest absolute Gasteiger partial charge is 0.0992 e. The molecular formula is C19H23N3O2. The van der Waals surface area contributed by atoms with Gasteiger partial charge in [-0.3, -0.25) is 14.9 Å². The molecule has 3 heterocycles. The highest BCUT2D eigenvalue weighted by molar-refractivity contribution is 5.11. The third-order valence-electron chi connectivity index (χ3n) is 4.97. The molecule has 2 aliphatic rings. The van der Waals surface area contributed by atoms with Crippen molar-refractivity contribution < 1.29 is 9.47 Å². The van der Waals surface area contributed by atoms with Gasteiger partial charge in [0.2, 0.25) is 0 Å². The number of pyridine rings is 2. The Morgan fingerprint density at radius 3 is 2.83 bits per heavy atom. The van der Waals surface area contributed by atoms with Crippen LogP contribution in [0.5, 0.6) is 0 Å². The van der Waals surface area contributed by atoms with Crippen LogP contribution in [0.3, 0.4) is 0 Å². The molecule has 1 aliphatic carbocycles. The van der Waals surface area contributed by atoms with Crippen molar-refractivity contribution in [3.05, 3.63) is 60.2 Å². The fourth-order valence-electron chi connectivity index (χ4n) is 3.78. The number of ether oxygens (including phenoxy) is 2. The van der Waals surface area contributed by atoms with E-state index >= 15 is 0 Å². The van der Waals surface area contributed by atoms with Gasteiger partial charge >= 0.3 is 0 Å². The van der Waals surface area contributed by atoms with E-state index < -0.39 is 0 Å². The Labute approximate surface area is 142 Å². The summed E-state index contributed by atoms with van der Waals surface area (Å²) in [5, 5.41) is 0. The van der Waals surface area contributed by atoms with E-state index in [4.69, 9.17) is 9.47 Å². The molecule has 0 unspecified atom stereocenters. The van der Waals surface area contributed by atoms with Crippen LogP contribution in [0.2, 0.25) is 0 Å². The van der Waals surface area contributed by atoms with Crippen LogP contribution in [0.1, 0.15) is 24.0 Å². The van der Waals surface area contributed by atoms with Crippen LogP contribution in [-0.4, -0.2) is 46.3 Å². The summed E-state index contributed by atoms with van der Waals surface area (Å²) < 4.78 is 12.2. The molecule has 0 radical (unpaired) electrons. The summed E-state index contributed by atoms with van der Waals surface area (Å²) >= 11 is 0. The van der Waals surface area contributed by atoms with Crippen molar-refractivity contribution in [3.63, 3.8) is 0 Å². The van der Waals surface area contributed by atoms with Crippen molar-refractivity contribution in [2.45, 2.75) is 44.2 Å². The summed E-state index contributed by atoms with van der Waals surface area (Å²) in [5.74, 6) is 0. The molecule has 2 aromatic heterocycles. The third kappa shape index (κ3) is 3.48. The molecule has 0 bridgehead atoms. The fraction of sp³-hybridized carbons (Fsp3) is 0.474. The largest absolute Gasteiger partial charge is 0.373 e. The van der Waals surface area contributed by atoms with Gasteiger partial charge in [-0.2, -0.15) is 0 Å². The maximum atomic E-state index is 6.16. The second-order valence-corrected chi connectivity index (χ2v) is 6.52. The summed E-state index contributed by atoms with van der Waals surface area (Å²) in [6, 6.07) is 8.64. The molecule has 4 rings (SSSR count). The highest BCUT2D eigenvalue weighted by Crippen LogP contribution is 2.33. The minimum absolute atomic E-state index is 0.176. The quantitative estimate of drug-likeness (QED) is 0.845. The molecule has 2 fully saturated rings. The van der Waals surface area contributed by atoms with E-state index in [-0.39, 0.29) is 12.2 Å². The van der Waals surface area contributed by atoms with E-state index in [1.54, 1.807) is 6.20 Å². The highest BCUT2D eigenvalue weighted by atomic mass is 16.5. The van der Waals surface area contributed by atoms with Gasteiger partial charge in [-0.05, 0) is 42.2 Å². The molecule has 126 valence electrons. The molecule has 5 heteroatoms. The Hall–Kier alpha value is -1.82. The van der Waals surface area contributed by atoms with Crippen molar-refractivity contribution in [2.24, 2.45) is 0 Å². The standard InChI is InChI=1S/C19H23N3O2/c1-2-16(12-21-7-1)14-24-18-4-3-17-19(18)23-11-10-22(17)13-15-5-8-20-9-6-15/h1-2,5-9,12,17-19H,3-4,10-11,13-14H2/t17-,18-,19+/m0/s1. The molecule has 1 saturated carbocycles. The van der Waals surface area contributed by atoms with Crippen LogP contribution in [0.4, 0.5) is 0 Å². The number of rotatable bonds is 5. The van der Waals surface area contributed by atoms with Crippen LogP contribution in [0, 0.1) is 0 Å². The number of hydrogen-bond acceptors (Lipinski definition) is 5. The van der Waals surface area contributed by atoms with Crippen LogP contribution < -0.4 is 0 Å². The van der Waals surface area contributed by atoms with Gasteiger partial charge < -0.3 is 9.47 Å². The summed E-state index contributed by atoms with van der Waals surface area (Å²) in [6.07, 6.45) is 9.92. The molecule has 1 aliphatic heterocycles. The van der Waals surface area contributed by atoms with Crippen molar-refractivity contribution in [2.75, 3.05) is 13.2 Å². The average molecular weight is 325 g/mol. The van der Waals surface area contributed by atoms with Gasteiger partial charge in [-0.1, -0.05) is 6.07 Å². The summed E-state index contributed by atoms with van der Waals surface area (Å²) in [7, 11) is 0. The lowest BCUT2D eigenvalue weighted by Gasteiger charge is -2.39. The predicted molar refractivity (Wildman–Crippen MR) is 90.2 cm³/mol. The topological polar surface area (TPSA) is 47.5 Å². The number of fused-ring (bicyclic) bond motifs is 1. The van der Waals surface area contributed by atoms with E-state index in [9.17, 15) is 0 Å². The Morgan fingerprint density at radius 2 is 2.00 bits per heavy atom. The molecule has 0 amide bonds. The lowest BCUT2D eigenvalue weighted by atomic mass is 10.1. The predicted octanol–water partition coefficient (Wildman–Crippen LogP) is 2.43. The Kier molecular flexibility index (Phi) is 4.83. The van der Waals surface area contributed by atoms with Crippen molar-refractivity contribution >= 4 is 0 Å². The van der Waals surface area contributed by atoms with Gasteiger partial charge in [-0.25, -0.2) is 0 Å². The molecule has 0 N–H and O–H groups in total. The lowest BCUT2D eigenvalue weighted by molar-refractivity contribution is -0.118. The first-order valence-corrected chi connectivity index (χ1v) is 8.65. The van der Waals surface area contributed by atoms with Gasteiger partial charge in [0.05, 0.1) is 25.4 Å². The SMILES string of the molecule is c1cncc(CO[C@H]2CC[C@H]3[C@H]2OCCN3Cc2ccncc2)c1. The van der Waals surface area contributed by atoms with E-state index in [0.717, 1.165) is 38.1 Å². The van der Waals surface area contributed by atoms with Crippen molar-refractivity contribution in [3.8, 4) is 0 Å². The van der Waals surface area contributed by atoms with Crippen LogP contribution >= 0.6 is 0 Å². The number of nitrogens with zero attached hydrogens (tertiary/aromatic N) is 3. The maximum Gasteiger partial charge on any atom is 0.0992 e. The van der Waals surface area contributed by atoms with Crippen molar-refractivity contribution in [1.29, 1.82) is 0 Å². The zero-order valence-corrected chi connectivity index (χ0v) is 13.8. The Balaban J connectivity index is 1.37. The first-order valence-electron chi connectivity index (χ1n) is 8.65. The summed E-state index contributed by atoms with van der Waals surface area (Å²) in [4.78, 5) is 10.8.